The van der Waals surface area contributed by atoms with Gasteiger partial charge in [-0.2, -0.15) is 0 Å². The Balaban J connectivity index is 1.70. The third-order valence-corrected chi connectivity index (χ3v) is 6.02. The molecule has 0 fully saturated rings. The Kier molecular flexibility index (Phi) is 6.14. The number of fused-ring (bicyclic) bond motifs is 1. The van der Waals surface area contributed by atoms with Crippen molar-refractivity contribution < 1.29 is 9.18 Å². The predicted molar refractivity (Wildman–Crippen MR) is 126 cm³/mol. The van der Waals surface area contributed by atoms with E-state index in [0.29, 0.717) is 28.4 Å². The van der Waals surface area contributed by atoms with E-state index < -0.39 is 5.82 Å². The van der Waals surface area contributed by atoms with Gasteiger partial charge in [0.2, 0.25) is 5.91 Å². The summed E-state index contributed by atoms with van der Waals surface area (Å²) in [5.41, 5.74) is 3.81. The number of rotatable bonds is 6. The van der Waals surface area contributed by atoms with Crippen LogP contribution in [-0.2, 0) is 4.79 Å². The first-order valence-electron chi connectivity index (χ1n) is 10.3. The zero-order valence-corrected chi connectivity index (χ0v) is 18.9. The first-order chi connectivity index (χ1) is 15.4. The fraction of sp³-hybridized carbons (Fsp3) is 0.208. The first kappa shape index (κ1) is 21.8. The molecule has 2 heterocycles. The van der Waals surface area contributed by atoms with Crippen LogP contribution < -0.4 is 10.5 Å². The van der Waals surface area contributed by atoms with Crippen molar-refractivity contribution in [3.05, 3.63) is 82.0 Å². The molecule has 6 nitrogen and oxygen atoms in total. The fourth-order valence-electron chi connectivity index (χ4n) is 3.60. The van der Waals surface area contributed by atoms with Crippen LogP contribution in [0, 0.1) is 19.7 Å². The van der Waals surface area contributed by atoms with Gasteiger partial charge in [0.25, 0.3) is 5.56 Å². The van der Waals surface area contributed by atoms with Crippen LogP contribution in [0.25, 0.3) is 16.7 Å². The van der Waals surface area contributed by atoms with E-state index in [1.165, 1.54) is 40.6 Å². The molecule has 0 radical (unpaired) electrons. The summed E-state index contributed by atoms with van der Waals surface area (Å²) in [7, 11) is 0. The highest BCUT2D eigenvalue weighted by Crippen LogP contribution is 2.24. The molecule has 0 bridgehead atoms. The van der Waals surface area contributed by atoms with E-state index in [9.17, 15) is 14.0 Å². The van der Waals surface area contributed by atoms with E-state index in [1.807, 2.05) is 45.0 Å². The molecule has 2 aromatic carbocycles. The molecule has 0 atom stereocenters. The molecule has 0 spiro atoms. The summed E-state index contributed by atoms with van der Waals surface area (Å²) in [5, 5.41) is 0.377. The van der Waals surface area contributed by atoms with Gasteiger partial charge in [-0.05, 0) is 68.8 Å². The fourth-order valence-corrected chi connectivity index (χ4v) is 4.48. The van der Waals surface area contributed by atoms with Crippen LogP contribution in [-0.4, -0.2) is 32.7 Å². The number of aromatic amines is 1. The minimum absolute atomic E-state index is 0.0895. The molecule has 0 saturated heterocycles. The predicted octanol–water partition coefficient (Wildman–Crippen LogP) is 4.61. The van der Waals surface area contributed by atoms with Crippen molar-refractivity contribution in [2.24, 2.45) is 0 Å². The van der Waals surface area contributed by atoms with Gasteiger partial charge < -0.3 is 9.88 Å². The molecule has 8 heteroatoms. The van der Waals surface area contributed by atoms with Gasteiger partial charge in [-0.1, -0.05) is 23.9 Å². The Hall–Kier alpha value is -3.39. The normalized spacial score (nSPS) is 11.1. The number of hydrogen-bond donors (Lipinski definition) is 1. The lowest BCUT2D eigenvalue weighted by Gasteiger charge is -2.21. The quantitative estimate of drug-likeness (QED) is 0.344. The summed E-state index contributed by atoms with van der Waals surface area (Å²) >= 11 is 1.19. The van der Waals surface area contributed by atoms with Gasteiger partial charge in [0, 0.05) is 17.9 Å². The standard InChI is InChI=1S/C24H23FN4O2S/c1-4-28(19-7-5-6-15(2)12-19)21(30)14-32-24-27-20-13-16(3)26-22(20)23(31)29(24)18-10-8-17(25)9-11-18/h5-13,26H,4,14H2,1-3H3. The van der Waals surface area contributed by atoms with Gasteiger partial charge >= 0.3 is 0 Å². The number of aromatic nitrogens is 3. The van der Waals surface area contributed by atoms with Crippen molar-refractivity contribution in [3.63, 3.8) is 0 Å². The van der Waals surface area contributed by atoms with E-state index in [-0.39, 0.29) is 17.2 Å². The van der Waals surface area contributed by atoms with E-state index in [4.69, 9.17) is 0 Å². The maximum absolute atomic E-state index is 13.5. The lowest BCUT2D eigenvalue weighted by Crippen LogP contribution is -2.32. The highest BCUT2D eigenvalue weighted by Gasteiger charge is 2.19. The van der Waals surface area contributed by atoms with Gasteiger partial charge in [0.05, 0.1) is 17.0 Å². The minimum Gasteiger partial charge on any atom is -0.353 e. The number of anilines is 1. The minimum atomic E-state index is -0.396. The van der Waals surface area contributed by atoms with Crippen LogP contribution in [0.3, 0.4) is 0 Å². The monoisotopic (exact) mass is 450 g/mol. The lowest BCUT2D eigenvalue weighted by atomic mass is 10.2. The van der Waals surface area contributed by atoms with Gasteiger partial charge in [0.15, 0.2) is 5.16 Å². The van der Waals surface area contributed by atoms with Crippen molar-refractivity contribution in [2.45, 2.75) is 25.9 Å². The number of hydrogen-bond acceptors (Lipinski definition) is 4. The summed E-state index contributed by atoms with van der Waals surface area (Å²) in [6, 6.07) is 15.2. The molecule has 0 unspecified atom stereocenters. The Morgan fingerprint density at radius 2 is 1.91 bits per heavy atom. The zero-order chi connectivity index (χ0) is 22.8. The highest BCUT2D eigenvalue weighted by molar-refractivity contribution is 7.99. The summed E-state index contributed by atoms with van der Waals surface area (Å²) in [4.78, 5) is 35.6. The molecule has 164 valence electrons. The lowest BCUT2D eigenvalue weighted by molar-refractivity contribution is -0.116. The number of nitrogens with one attached hydrogen (secondary N) is 1. The molecule has 0 aliphatic rings. The van der Waals surface area contributed by atoms with Crippen LogP contribution in [0.2, 0.25) is 0 Å². The number of H-pyrrole nitrogens is 1. The first-order valence-corrected chi connectivity index (χ1v) is 11.2. The molecule has 2 aromatic heterocycles. The second-order valence-electron chi connectivity index (χ2n) is 7.49. The van der Waals surface area contributed by atoms with Crippen molar-refractivity contribution in [1.82, 2.24) is 14.5 Å². The van der Waals surface area contributed by atoms with Crippen molar-refractivity contribution in [3.8, 4) is 5.69 Å². The number of carbonyl (C=O) groups is 1. The molecular weight excluding hydrogens is 427 g/mol. The molecule has 4 rings (SSSR count). The molecule has 4 aromatic rings. The van der Waals surface area contributed by atoms with Crippen molar-refractivity contribution in [1.29, 1.82) is 0 Å². The number of halogens is 1. The Labute approximate surface area is 189 Å². The van der Waals surface area contributed by atoms with Crippen LogP contribution in [0.15, 0.2) is 64.5 Å². The molecule has 1 N–H and O–H groups in total. The van der Waals surface area contributed by atoms with Gasteiger partial charge in [-0.3, -0.25) is 14.2 Å². The van der Waals surface area contributed by atoms with Gasteiger partial charge in [-0.15, -0.1) is 0 Å². The Morgan fingerprint density at radius 1 is 1.16 bits per heavy atom. The summed E-state index contributed by atoms with van der Waals surface area (Å²) < 4.78 is 14.9. The van der Waals surface area contributed by atoms with E-state index in [0.717, 1.165) is 16.9 Å². The summed E-state index contributed by atoms with van der Waals surface area (Å²) in [6.07, 6.45) is 0. The molecule has 1 amide bonds. The molecule has 32 heavy (non-hydrogen) atoms. The van der Waals surface area contributed by atoms with Crippen LogP contribution in [0.5, 0.6) is 0 Å². The second kappa shape index (κ2) is 9.00. The topological polar surface area (TPSA) is 71.0 Å². The average molecular weight is 451 g/mol. The van der Waals surface area contributed by atoms with E-state index >= 15 is 0 Å². The summed E-state index contributed by atoms with van der Waals surface area (Å²) in [5.74, 6) is -0.384. The number of benzene rings is 2. The largest absolute Gasteiger partial charge is 0.353 e. The van der Waals surface area contributed by atoms with Crippen LogP contribution >= 0.6 is 11.8 Å². The smallest absolute Gasteiger partial charge is 0.283 e. The number of aryl methyl sites for hydroxylation is 2. The summed E-state index contributed by atoms with van der Waals surface area (Å²) in [6.45, 7) is 6.28. The Bertz CT molecular complexity index is 1340. The third-order valence-electron chi connectivity index (χ3n) is 5.10. The molecule has 0 aliphatic carbocycles. The SMILES string of the molecule is CCN(C(=O)CSc1nc2cc(C)[nH]c2c(=O)n1-c1ccc(F)cc1)c1cccc(C)c1. The third kappa shape index (κ3) is 4.31. The maximum Gasteiger partial charge on any atom is 0.283 e. The van der Waals surface area contributed by atoms with Crippen LogP contribution in [0.4, 0.5) is 10.1 Å². The van der Waals surface area contributed by atoms with E-state index in [2.05, 4.69) is 9.97 Å². The Morgan fingerprint density at radius 3 is 2.59 bits per heavy atom. The van der Waals surface area contributed by atoms with Gasteiger partial charge in [0.1, 0.15) is 11.3 Å². The van der Waals surface area contributed by atoms with Gasteiger partial charge in [-0.25, -0.2) is 9.37 Å². The van der Waals surface area contributed by atoms with Crippen molar-refractivity contribution >= 4 is 34.4 Å². The van der Waals surface area contributed by atoms with Crippen molar-refractivity contribution in [2.75, 3.05) is 17.2 Å². The molecule has 0 aliphatic heterocycles. The highest BCUT2D eigenvalue weighted by atomic mass is 32.2. The molecule has 0 saturated carbocycles. The maximum atomic E-state index is 13.5. The molecular formula is C24H23FN4O2S. The van der Waals surface area contributed by atoms with E-state index in [1.54, 1.807) is 11.0 Å². The number of nitrogens with zero attached hydrogens (tertiary/aromatic N) is 3. The average Bonchev–Trinajstić information content (AvgIpc) is 3.14. The second-order valence-corrected chi connectivity index (χ2v) is 8.43. The number of thioether (sulfide) groups is 1. The van der Waals surface area contributed by atoms with Crippen LogP contribution in [0.1, 0.15) is 18.2 Å². The zero-order valence-electron chi connectivity index (χ0n) is 18.1. The number of amides is 1. The number of carbonyl (C=O) groups excluding carboxylic acids is 1.